The minimum atomic E-state index is -0.993. The molecule has 0 bridgehead atoms. The van der Waals surface area contributed by atoms with Gasteiger partial charge in [0, 0.05) is 5.56 Å². The Bertz CT molecular complexity index is 1230. The molecule has 0 radical (unpaired) electrons. The number of aromatic amines is 1. The van der Waals surface area contributed by atoms with Gasteiger partial charge in [-0.05, 0) is 61.0 Å². The van der Waals surface area contributed by atoms with Crippen molar-refractivity contribution < 1.29 is 19.4 Å². The lowest BCUT2D eigenvalue weighted by Crippen LogP contribution is -1.94. The van der Waals surface area contributed by atoms with Crippen molar-refractivity contribution in [3.8, 4) is 28.6 Å². The average molecular weight is 409 g/mol. The zero-order valence-electron chi connectivity index (χ0n) is 15.7. The third kappa shape index (κ3) is 3.75. The number of carboxylic acid groups (broad SMARTS) is 1. The van der Waals surface area contributed by atoms with Crippen LogP contribution in [0.5, 0.6) is 17.2 Å². The lowest BCUT2D eigenvalue weighted by atomic mass is 10.2. The van der Waals surface area contributed by atoms with Gasteiger partial charge < -0.3 is 19.6 Å². The molecule has 4 rings (SSSR count). The van der Waals surface area contributed by atoms with Crippen LogP contribution in [0.3, 0.4) is 0 Å². The van der Waals surface area contributed by atoms with E-state index in [1.807, 2.05) is 31.2 Å². The summed E-state index contributed by atoms with van der Waals surface area (Å²) in [5.41, 5.74) is 3.31. The minimum absolute atomic E-state index is 0.185. The number of aryl methyl sites for hydroxylation is 1. The van der Waals surface area contributed by atoms with Crippen LogP contribution in [-0.2, 0) is 0 Å². The van der Waals surface area contributed by atoms with Crippen LogP contribution in [0, 0.1) is 6.92 Å². The Hall–Kier alpha value is -3.51. The molecule has 0 amide bonds. The Kier molecular flexibility index (Phi) is 4.86. The lowest BCUT2D eigenvalue weighted by Gasteiger charge is -2.12. The number of ether oxygens (including phenoxy) is 2. The highest BCUT2D eigenvalue weighted by Crippen LogP contribution is 2.37. The number of H-pyrrole nitrogens is 1. The van der Waals surface area contributed by atoms with Crippen molar-refractivity contribution in [1.29, 1.82) is 0 Å². The molecule has 0 atom stereocenters. The fourth-order valence-electron chi connectivity index (χ4n) is 2.98. The Morgan fingerprint density at radius 1 is 1.03 bits per heavy atom. The number of benzene rings is 3. The summed E-state index contributed by atoms with van der Waals surface area (Å²) in [6.45, 7) is 1.97. The van der Waals surface area contributed by atoms with Gasteiger partial charge >= 0.3 is 5.97 Å². The summed E-state index contributed by atoms with van der Waals surface area (Å²) >= 11 is 6.44. The highest BCUT2D eigenvalue weighted by atomic mass is 35.5. The summed E-state index contributed by atoms with van der Waals surface area (Å²) < 4.78 is 11.3. The van der Waals surface area contributed by atoms with Gasteiger partial charge in [0.1, 0.15) is 11.6 Å². The van der Waals surface area contributed by atoms with Gasteiger partial charge in [0.2, 0.25) is 0 Å². The second-order valence-corrected chi connectivity index (χ2v) is 6.93. The average Bonchev–Trinajstić information content (AvgIpc) is 3.13. The molecule has 0 fully saturated rings. The summed E-state index contributed by atoms with van der Waals surface area (Å²) in [7, 11) is 1.59. The van der Waals surface area contributed by atoms with Crippen LogP contribution in [0.4, 0.5) is 0 Å². The van der Waals surface area contributed by atoms with Crippen molar-refractivity contribution in [3.63, 3.8) is 0 Å². The van der Waals surface area contributed by atoms with Crippen LogP contribution >= 0.6 is 11.6 Å². The van der Waals surface area contributed by atoms with Crippen molar-refractivity contribution in [2.45, 2.75) is 6.92 Å². The number of hydrogen-bond acceptors (Lipinski definition) is 4. The Balaban J connectivity index is 1.65. The Morgan fingerprint density at radius 2 is 1.83 bits per heavy atom. The number of carbonyl (C=O) groups is 1. The van der Waals surface area contributed by atoms with Gasteiger partial charge in [-0.1, -0.05) is 17.7 Å². The number of aromatic nitrogens is 2. The highest BCUT2D eigenvalue weighted by molar-refractivity contribution is 6.32. The highest BCUT2D eigenvalue weighted by Gasteiger charge is 2.13. The van der Waals surface area contributed by atoms with E-state index in [1.54, 1.807) is 25.3 Å². The maximum atomic E-state index is 11.1. The Morgan fingerprint density at radius 3 is 2.55 bits per heavy atom. The van der Waals surface area contributed by atoms with E-state index in [0.717, 1.165) is 16.6 Å². The molecule has 2 N–H and O–H groups in total. The standard InChI is InChI=1S/C22H17ClN2O4/c1-12-3-7-19(20(9-12)28-2)29-18-8-5-13(10-15(18)23)21-24-16-6-4-14(22(26)27)11-17(16)25-21/h3-11H,1-2H3,(H,24,25)(H,26,27). The van der Waals surface area contributed by atoms with Gasteiger partial charge in [-0.2, -0.15) is 0 Å². The van der Waals surface area contributed by atoms with Crippen LogP contribution in [0.1, 0.15) is 15.9 Å². The van der Waals surface area contributed by atoms with Crippen LogP contribution in [0.25, 0.3) is 22.4 Å². The summed E-state index contributed by atoms with van der Waals surface area (Å²) in [6, 6.07) is 15.7. The molecule has 6 nitrogen and oxygen atoms in total. The molecular formula is C22H17ClN2O4. The van der Waals surface area contributed by atoms with E-state index in [1.165, 1.54) is 12.1 Å². The first-order valence-corrected chi connectivity index (χ1v) is 9.18. The zero-order valence-corrected chi connectivity index (χ0v) is 16.4. The van der Waals surface area contributed by atoms with Crippen LogP contribution in [0.15, 0.2) is 54.6 Å². The van der Waals surface area contributed by atoms with E-state index in [4.69, 9.17) is 26.2 Å². The van der Waals surface area contributed by atoms with Crippen molar-refractivity contribution in [2.24, 2.45) is 0 Å². The Labute approximate surface area is 171 Å². The fraction of sp³-hybridized carbons (Fsp3) is 0.0909. The molecule has 0 unspecified atom stereocenters. The van der Waals surface area contributed by atoms with Gasteiger partial charge in [0.15, 0.2) is 11.5 Å². The number of hydrogen-bond donors (Lipinski definition) is 2. The molecule has 0 saturated carbocycles. The number of nitrogens with one attached hydrogen (secondary N) is 1. The first kappa shape index (κ1) is 18.8. The van der Waals surface area contributed by atoms with Gasteiger partial charge in [-0.25, -0.2) is 9.78 Å². The molecule has 146 valence electrons. The fourth-order valence-corrected chi connectivity index (χ4v) is 3.20. The maximum absolute atomic E-state index is 11.1. The van der Waals surface area contributed by atoms with Crippen LogP contribution in [-0.4, -0.2) is 28.2 Å². The predicted molar refractivity (Wildman–Crippen MR) is 111 cm³/mol. The number of methoxy groups -OCH3 is 1. The maximum Gasteiger partial charge on any atom is 0.335 e. The molecule has 4 aromatic rings. The second-order valence-electron chi connectivity index (χ2n) is 6.52. The number of halogens is 1. The molecule has 7 heteroatoms. The normalized spacial score (nSPS) is 10.9. The summed E-state index contributed by atoms with van der Waals surface area (Å²) in [5.74, 6) is 1.27. The monoisotopic (exact) mass is 408 g/mol. The molecule has 3 aromatic carbocycles. The number of carboxylic acids is 1. The first-order valence-electron chi connectivity index (χ1n) is 8.80. The van der Waals surface area contributed by atoms with E-state index >= 15 is 0 Å². The second kappa shape index (κ2) is 7.48. The summed E-state index contributed by atoms with van der Waals surface area (Å²) in [5, 5.41) is 9.54. The SMILES string of the molecule is COc1cc(C)ccc1Oc1ccc(-c2nc3cc(C(=O)O)ccc3[nH]2)cc1Cl. The predicted octanol–water partition coefficient (Wildman–Crippen LogP) is 5.69. The zero-order chi connectivity index (χ0) is 20.5. The number of rotatable bonds is 5. The number of aromatic carboxylic acids is 1. The minimum Gasteiger partial charge on any atom is -0.493 e. The van der Waals surface area contributed by atoms with Crippen molar-refractivity contribution in [3.05, 3.63) is 70.7 Å². The topological polar surface area (TPSA) is 84.4 Å². The summed E-state index contributed by atoms with van der Waals surface area (Å²) in [6.07, 6.45) is 0. The van der Waals surface area contributed by atoms with Gasteiger partial charge in [-0.3, -0.25) is 0 Å². The smallest absolute Gasteiger partial charge is 0.335 e. The van der Waals surface area contributed by atoms with E-state index < -0.39 is 5.97 Å². The number of imidazole rings is 1. The first-order chi connectivity index (χ1) is 13.9. The van der Waals surface area contributed by atoms with Crippen LogP contribution in [0.2, 0.25) is 5.02 Å². The number of fused-ring (bicyclic) bond motifs is 1. The van der Waals surface area contributed by atoms with Crippen molar-refractivity contribution >= 4 is 28.6 Å². The third-order valence-corrected chi connectivity index (χ3v) is 4.77. The van der Waals surface area contributed by atoms with Gasteiger partial charge in [0.05, 0.1) is 28.7 Å². The molecule has 1 heterocycles. The quantitative estimate of drug-likeness (QED) is 0.443. The molecule has 0 aliphatic carbocycles. The molecule has 29 heavy (non-hydrogen) atoms. The van der Waals surface area contributed by atoms with Crippen molar-refractivity contribution in [1.82, 2.24) is 9.97 Å². The van der Waals surface area contributed by atoms with E-state index in [2.05, 4.69) is 9.97 Å². The van der Waals surface area contributed by atoms with Crippen molar-refractivity contribution in [2.75, 3.05) is 7.11 Å². The van der Waals surface area contributed by atoms with Gasteiger partial charge in [-0.15, -0.1) is 0 Å². The molecule has 0 spiro atoms. The van der Waals surface area contributed by atoms with Crippen LogP contribution < -0.4 is 9.47 Å². The molecule has 0 aliphatic rings. The third-order valence-electron chi connectivity index (χ3n) is 4.47. The number of nitrogens with zero attached hydrogens (tertiary/aromatic N) is 1. The van der Waals surface area contributed by atoms with E-state index in [9.17, 15) is 4.79 Å². The van der Waals surface area contributed by atoms with E-state index in [-0.39, 0.29) is 5.56 Å². The molecule has 1 aromatic heterocycles. The van der Waals surface area contributed by atoms with E-state index in [0.29, 0.717) is 33.6 Å². The van der Waals surface area contributed by atoms with Gasteiger partial charge in [0.25, 0.3) is 0 Å². The lowest BCUT2D eigenvalue weighted by molar-refractivity contribution is 0.0697. The molecule has 0 aliphatic heterocycles. The molecular weight excluding hydrogens is 392 g/mol. The largest absolute Gasteiger partial charge is 0.493 e. The summed E-state index contributed by atoms with van der Waals surface area (Å²) in [4.78, 5) is 18.8. The molecule has 0 saturated heterocycles.